The molecule has 30 heavy (non-hydrogen) atoms. The van der Waals surface area contributed by atoms with E-state index in [1.807, 2.05) is 4.90 Å². The number of ether oxygens (including phenoxy) is 1. The number of rotatable bonds is 5. The van der Waals surface area contributed by atoms with Crippen LogP contribution in [-0.4, -0.2) is 79.4 Å². The Kier molecular flexibility index (Phi) is 10.2. The van der Waals surface area contributed by atoms with Crippen LogP contribution in [0.4, 0.5) is 17.6 Å². The fraction of sp³-hybridized carbons (Fsp3) is 0.600. The summed E-state index contributed by atoms with van der Waals surface area (Å²) in [5.74, 6) is -2.68. The fourth-order valence-corrected chi connectivity index (χ4v) is 3.02. The number of hydrogen-bond donors (Lipinski definition) is 1. The predicted octanol–water partition coefficient (Wildman–Crippen LogP) is 2.82. The summed E-state index contributed by atoms with van der Waals surface area (Å²) in [5, 5.41) is 7.12. The van der Waals surface area contributed by atoms with Crippen molar-refractivity contribution >= 4 is 11.9 Å². The molecule has 0 bridgehead atoms. The maximum atomic E-state index is 13.3. The van der Waals surface area contributed by atoms with Crippen molar-refractivity contribution in [1.29, 1.82) is 0 Å². The standard InChI is InChI=1S/C18H27FN2O2.C2HF3O2/c1-14-16(7-8-20(2)3)13-23-10-9-21(14)18(22)12-15-5-4-6-17(19)11-15;3-2(4,5)1(6)7/h4-6,11,14,16H,7-10,12-13H2,1-3H3;(H,6,7)/t14-,16+;/m0./s1. The van der Waals surface area contributed by atoms with Crippen LogP contribution in [0.5, 0.6) is 0 Å². The van der Waals surface area contributed by atoms with Gasteiger partial charge in [0.25, 0.3) is 0 Å². The molecular weight excluding hydrogens is 408 g/mol. The quantitative estimate of drug-likeness (QED) is 0.719. The molecule has 0 radical (unpaired) electrons. The van der Waals surface area contributed by atoms with Gasteiger partial charge < -0.3 is 19.6 Å². The molecule has 1 aliphatic heterocycles. The van der Waals surface area contributed by atoms with Crippen molar-refractivity contribution < 1.29 is 37.0 Å². The first-order chi connectivity index (χ1) is 13.9. The van der Waals surface area contributed by atoms with Gasteiger partial charge >= 0.3 is 12.1 Å². The van der Waals surface area contributed by atoms with Gasteiger partial charge in [0.1, 0.15) is 5.82 Å². The number of alkyl halides is 3. The van der Waals surface area contributed by atoms with Crippen LogP contribution in [0.15, 0.2) is 24.3 Å². The maximum absolute atomic E-state index is 13.3. The van der Waals surface area contributed by atoms with E-state index in [4.69, 9.17) is 14.6 Å². The minimum atomic E-state index is -5.08. The van der Waals surface area contributed by atoms with Crippen LogP contribution in [0, 0.1) is 11.7 Å². The lowest BCUT2D eigenvalue weighted by molar-refractivity contribution is -0.192. The minimum Gasteiger partial charge on any atom is -0.475 e. The van der Waals surface area contributed by atoms with Gasteiger partial charge in [0.05, 0.1) is 19.6 Å². The topological polar surface area (TPSA) is 70.1 Å². The molecule has 1 heterocycles. The van der Waals surface area contributed by atoms with Crippen molar-refractivity contribution in [3.05, 3.63) is 35.6 Å². The van der Waals surface area contributed by atoms with Gasteiger partial charge in [-0.25, -0.2) is 9.18 Å². The van der Waals surface area contributed by atoms with Crippen LogP contribution in [-0.2, 0) is 20.7 Å². The van der Waals surface area contributed by atoms with E-state index in [0.717, 1.165) is 18.5 Å². The molecule has 10 heteroatoms. The van der Waals surface area contributed by atoms with E-state index in [1.165, 1.54) is 12.1 Å². The Morgan fingerprint density at radius 3 is 2.47 bits per heavy atom. The van der Waals surface area contributed by atoms with E-state index < -0.39 is 12.1 Å². The number of halogens is 4. The molecule has 1 N–H and O–H groups in total. The summed E-state index contributed by atoms with van der Waals surface area (Å²) in [6.45, 7) is 4.94. The summed E-state index contributed by atoms with van der Waals surface area (Å²) in [6, 6.07) is 6.41. The number of hydrogen-bond acceptors (Lipinski definition) is 4. The number of benzene rings is 1. The van der Waals surface area contributed by atoms with E-state index in [9.17, 15) is 22.4 Å². The highest BCUT2D eigenvalue weighted by molar-refractivity contribution is 5.79. The van der Waals surface area contributed by atoms with Crippen LogP contribution < -0.4 is 0 Å². The number of aliphatic carboxylic acids is 1. The third-order valence-corrected chi connectivity index (χ3v) is 4.74. The zero-order valence-corrected chi connectivity index (χ0v) is 17.3. The molecule has 1 aromatic rings. The molecule has 0 unspecified atom stereocenters. The molecule has 1 aromatic carbocycles. The lowest BCUT2D eigenvalue weighted by atomic mass is 9.96. The molecular formula is C20H28F4N2O4. The molecule has 0 spiro atoms. The first-order valence-electron chi connectivity index (χ1n) is 9.48. The number of nitrogens with zero attached hydrogens (tertiary/aromatic N) is 2. The summed E-state index contributed by atoms with van der Waals surface area (Å²) in [7, 11) is 4.10. The number of carbonyl (C=O) groups is 2. The van der Waals surface area contributed by atoms with Crippen LogP contribution in [0.2, 0.25) is 0 Å². The zero-order chi connectivity index (χ0) is 22.9. The van der Waals surface area contributed by atoms with E-state index in [2.05, 4.69) is 25.9 Å². The van der Waals surface area contributed by atoms with Crippen LogP contribution in [0.25, 0.3) is 0 Å². The Balaban J connectivity index is 0.000000553. The molecule has 1 fully saturated rings. The number of amides is 1. The first kappa shape index (κ1) is 25.8. The predicted molar refractivity (Wildman–Crippen MR) is 102 cm³/mol. The molecule has 170 valence electrons. The van der Waals surface area contributed by atoms with Gasteiger partial charge in [-0.05, 0) is 51.7 Å². The van der Waals surface area contributed by atoms with Gasteiger partial charge in [0.2, 0.25) is 5.91 Å². The Bertz CT molecular complexity index is 698. The van der Waals surface area contributed by atoms with Crippen LogP contribution in [0.1, 0.15) is 18.9 Å². The van der Waals surface area contributed by atoms with E-state index in [0.29, 0.717) is 25.7 Å². The molecule has 0 aliphatic carbocycles. The average Bonchev–Trinajstić information content (AvgIpc) is 2.81. The second-order valence-electron chi connectivity index (χ2n) is 7.36. The summed E-state index contributed by atoms with van der Waals surface area (Å²) in [6.07, 6.45) is -3.85. The summed E-state index contributed by atoms with van der Waals surface area (Å²) < 4.78 is 50.7. The lowest BCUT2D eigenvalue weighted by Crippen LogP contribution is -2.44. The highest BCUT2D eigenvalue weighted by Gasteiger charge is 2.38. The van der Waals surface area contributed by atoms with Crippen molar-refractivity contribution in [1.82, 2.24) is 9.80 Å². The number of carboxylic acids is 1. The van der Waals surface area contributed by atoms with Gasteiger partial charge in [-0.1, -0.05) is 12.1 Å². The monoisotopic (exact) mass is 436 g/mol. The smallest absolute Gasteiger partial charge is 0.475 e. The average molecular weight is 436 g/mol. The minimum absolute atomic E-state index is 0.0449. The maximum Gasteiger partial charge on any atom is 0.490 e. The van der Waals surface area contributed by atoms with Crippen LogP contribution in [0.3, 0.4) is 0 Å². The zero-order valence-electron chi connectivity index (χ0n) is 17.3. The molecule has 6 nitrogen and oxygen atoms in total. The van der Waals surface area contributed by atoms with E-state index in [1.54, 1.807) is 12.1 Å². The summed E-state index contributed by atoms with van der Waals surface area (Å²) in [5.41, 5.74) is 0.720. The van der Waals surface area contributed by atoms with Gasteiger partial charge in [-0.2, -0.15) is 13.2 Å². The SMILES string of the molecule is C[C@H]1[C@H](CCN(C)C)COCCN1C(=O)Cc1cccc(F)c1.O=C(O)C(F)(F)F. The van der Waals surface area contributed by atoms with Gasteiger partial charge in [0, 0.05) is 18.5 Å². The molecule has 1 aliphatic rings. The number of carboxylic acid groups (broad SMARTS) is 1. The van der Waals surface area contributed by atoms with Crippen molar-refractivity contribution in [3.63, 3.8) is 0 Å². The molecule has 1 saturated heterocycles. The molecule has 2 rings (SSSR count). The van der Waals surface area contributed by atoms with Crippen molar-refractivity contribution in [2.45, 2.75) is 32.0 Å². The third-order valence-electron chi connectivity index (χ3n) is 4.74. The van der Waals surface area contributed by atoms with Crippen LogP contribution >= 0.6 is 0 Å². The summed E-state index contributed by atoms with van der Waals surface area (Å²) >= 11 is 0. The first-order valence-corrected chi connectivity index (χ1v) is 9.48. The molecule has 0 saturated carbocycles. The second-order valence-corrected chi connectivity index (χ2v) is 7.36. The second kappa shape index (κ2) is 11.8. The lowest BCUT2D eigenvalue weighted by Gasteiger charge is -2.32. The van der Waals surface area contributed by atoms with Crippen molar-refractivity contribution in [2.24, 2.45) is 5.92 Å². The molecule has 0 aromatic heterocycles. The fourth-order valence-electron chi connectivity index (χ4n) is 3.02. The molecule has 2 atom stereocenters. The highest BCUT2D eigenvalue weighted by atomic mass is 19.4. The number of carbonyl (C=O) groups excluding carboxylic acids is 1. The Hall–Kier alpha value is -2.20. The van der Waals surface area contributed by atoms with Crippen molar-refractivity contribution in [3.8, 4) is 0 Å². The largest absolute Gasteiger partial charge is 0.490 e. The summed E-state index contributed by atoms with van der Waals surface area (Å²) in [4.78, 5) is 25.6. The molecule has 1 amide bonds. The third kappa shape index (κ3) is 9.08. The van der Waals surface area contributed by atoms with Gasteiger partial charge in [0.15, 0.2) is 0 Å². The highest BCUT2D eigenvalue weighted by Crippen LogP contribution is 2.20. The van der Waals surface area contributed by atoms with E-state index in [-0.39, 0.29) is 24.2 Å². The van der Waals surface area contributed by atoms with Gasteiger partial charge in [-0.3, -0.25) is 4.79 Å². The Labute approximate surface area is 173 Å². The Morgan fingerprint density at radius 2 is 1.93 bits per heavy atom. The Morgan fingerprint density at radius 1 is 1.30 bits per heavy atom. The van der Waals surface area contributed by atoms with Gasteiger partial charge in [-0.15, -0.1) is 0 Å². The normalized spacial score (nSPS) is 19.7. The van der Waals surface area contributed by atoms with Crippen molar-refractivity contribution in [2.75, 3.05) is 40.4 Å². The van der Waals surface area contributed by atoms with E-state index >= 15 is 0 Å².